The van der Waals surface area contributed by atoms with E-state index in [9.17, 15) is 4.79 Å². The van der Waals surface area contributed by atoms with Gasteiger partial charge in [-0.05, 0) is 38.0 Å². The molecule has 1 nitrogen and oxygen atoms in total. The molecule has 1 rings (SSSR count). The van der Waals surface area contributed by atoms with Gasteiger partial charge in [-0.25, -0.2) is 0 Å². The Hall–Kier alpha value is -0.890. The molecule has 0 saturated carbocycles. The molecule has 0 radical (unpaired) electrons. The topological polar surface area (TPSA) is 17.1 Å². The van der Waals surface area contributed by atoms with E-state index in [1.54, 1.807) is 0 Å². The van der Waals surface area contributed by atoms with Crippen molar-refractivity contribution < 1.29 is 4.79 Å². The van der Waals surface area contributed by atoms with Crippen molar-refractivity contribution in [2.24, 2.45) is 0 Å². The summed E-state index contributed by atoms with van der Waals surface area (Å²) < 4.78 is 1.01. The highest BCUT2D eigenvalue weighted by Gasteiger charge is 2.08. The molecule has 0 atom stereocenters. The molecule has 0 aliphatic rings. The second kappa shape index (κ2) is 5.26. The predicted octanol–water partition coefficient (Wildman–Crippen LogP) is 4.30. The summed E-state index contributed by atoms with van der Waals surface area (Å²) in [5, 5.41) is 0. The highest BCUT2D eigenvalue weighted by molar-refractivity contribution is 9.10. The van der Waals surface area contributed by atoms with Crippen LogP contribution in [0.25, 0.3) is 0 Å². The first-order valence-corrected chi connectivity index (χ1v) is 5.73. The van der Waals surface area contributed by atoms with Gasteiger partial charge in [0, 0.05) is 16.5 Å². The van der Waals surface area contributed by atoms with Crippen LogP contribution in [-0.2, 0) is 0 Å². The zero-order chi connectivity index (χ0) is 11.4. The first kappa shape index (κ1) is 12.2. The van der Waals surface area contributed by atoms with Crippen molar-refractivity contribution in [1.29, 1.82) is 0 Å². The molecule has 0 saturated heterocycles. The van der Waals surface area contributed by atoms with Gasteiger partial charge in [0.05, 0.1) is 0 Å². The first-order chi connectivity index (χ1) is 7.00. The van der Waals surface area contributed by atoms with Gasteiger partial charge in [-0.1, -0.05) is 27.6 Å². The molecular weight excluding hydrogens is 252 g/mol. The molecule has 15 heavy (non-hydrogen) atoms. The third kappa shape index (κ3) is 3.63. The summed E-state index contributed by atoms with van der Waals surface area (Å²) in [6, 6.07) is 5.75. The Kier molecular flexibility index (Phi) is 4.28. The number of ketones is 1. The van der Waals surface area contributed by atoms with Gasteiger partial charge in [-0.3, -0.25) is 4.79 Å². The molecule has 0 fully saturated rings. The Balaban J connectivity index is 2.78. The number of rotatable bonds is 4. The van der Waals surface area contributed by atoms with Crippen molar-refractivity contribution in [3.8, 4) is 0 Å². The van der Waals surface area contributed by atoms with E-state index in [4.69, 9.17) is 0 Å². The minimum atomic E-state index is 0.197. The van der Waals surface area contributed by atoms with Crippen LogP contribution in [0.3, 0.4) is 0 Å². The molecule has 0 aromatic heterocycles. The highest BCUT2D eigenvalue weighted by atomic mass is 79.9. The van der Waals surface area contributed by atoms with Gasteiger partial charge >= 0.3 is 0 Å². The van der Waals surface area contributed by atoms with Gasteiger partial charge in [0.15, 0.2) is 5.78 Å². The van der Waals surface area contributed by atoms with Crippen LogP contribution >= 0.6 is 15.9 Å². The Morgan fingerprint density at radius 3 is 2.60 bits per heavy atom. The van der Waals surface area contributed by atoms with E-state index >= 15 is 0 Å². The van der Waals surface area contributed by atoms with Crippen LogP contribution in [0, 0.1) is 6.92 Å². The van der Waals surface area contributed by atoms with E-state index in [0.717, 1.165) is 27.6 Å². The molecule has 0 aliphatic carbocycles. The van der Waals surface area contributed by atoms with Crippen LogP contribution in [0.15, 0.2) is 34.8 Å². The quantitative estimate of drug-likeness (QED) is 0.587. The van der Waals surface area contributed by atoms with Crippen LogP contribution < -0.4 is 0 Å². The van der Waals surface area contributed by atoms with Crippen LogP contribution in [0.5, 0.6) is 0 Å². The Morgan fingerprint density at radius 2 is 2.07 bits per heavy atom. The highest BCUT2D eigenvalue weighted by Crippen LogP contribution is 2.18. The van der Waals surface area contributed by atoms with Gasteiger partial charge < -0.3 is 0 Å². The number of carbonyl (C=O) groups excluding carboxylic acids is 1. The SMILES string of the molecule is C=C(C)CCC(=O)c1ccc(Br)cc1C. The third-order valence-corrected chi connectivity index (χ3v) is 2.76. The van der Waals surface area contributed by atoms with Gasteiger partial charge in [0.1, 0.15) is 0 Å². The lowest BCUT2D eigenvalue weighted by Crippen LogP contribution is -2.01. The van der Waals surface area contributed by atoms with E-state index in [1.165, 1.54) is 0 Å². The number of hydrogen-bond donors (Lipinski definition) is 0. The van der Waals surface area contributed by atoms with Gasteiger partial charge in [0.2, 0.25) is 0 Å². The molecule has 80 valence electrons. The summed E-state index contributed by atoms with van der Waals surface area (Å²) in [7, 11) is 0. The Morgan fingerprint density at radius 1 is 1.40 bits per heavy atom. The molecule has 0 amide bonds. The molecule has 0 aliphatic heterocycles. The molecule has 1 aromatic carbocycles. The smallest absolute Gasteiger partial charge is 0.163 e. The maximum absolute atomic E-state index is 11.8. The van der Waals surface area contributed by atoms with Crippen LogP contribution in [0.2, 0.25) is 0 Å². The van der Waals surface area contributed by atoms with Crippen molar-refractivity contribution in [3.63, 3.8) is 0 Å². The minimum absolute atomic E-state index is 0.197. The van der Waals surface area contributed by atoms with Crippen molar-refractivity contribution in [2.45, 2.75) is 26.7 Å². The maximum atomic E-state index is 11.8. The normalized spacial score (nSPS) is 10.1. The molecule has 0 N–H and O–H groups in total. The fourth-order valence-electron chi connectivity index (χ4n) is 1.40. The van der Waals surface area contributed by atoms with Crippen molar-refractivity contribution >= 4 is 21.7 Å². The number of Topliss-reactive ketones (excluding diaryl/α,β-unsaturated/α-hetero) is 1. The number of allylic oxidation sites excluding steroid dienone is 1. The van der Waals surface area contributed by atoms with Gasteiger partial charge in [0.25, 0.3) is 0 Å². The lowest BCUT2D eigenvalue weighted by molar-refractivity contribution is 0.0982. The largest absolute Gasteiger partial charge is 0.294 e. The fraction of sp³-hybridized carbons (Fsp3) is 0.308. The first-order valence-electron chi connectivity index (χ1n) is 4.94. The van der Waals surface area contributed by atoms with E-state index < -0.39 is 0 Å². The van der Waals surface area contributed by atoms with Crippen molar-refractivity contribution in [2.75, 3.05) is 0 Å². The molecule has 1 aromatic rings. The number of hydrogen-bond acceptors (Lipinski definition) is 1. The number of halogens is 1. The fourth-order valence-corrected chi connectivity index (χ4v) is 1.88. The lowest BCUT2D eigenvalue weighted by atomic mass is 10.0. The number of benzene rings is 1. The van der Waals surface area contributed by atoms with Crippen LogP contribution in [0.1, 0.15) is 35.7 Å². The van der Waals surface area contributed by atoms with Crippen LogP contribution in [0.4, 0.5) is 0 Å². The zero-order valence-corrected chi connectivity index (χ0v) is 10.7. The zero-order valence-electron chi connectivity index (χ0n) is 9.14. The van der Waals surface area contributed by atoms with Crippen molar-refractivity contribution in [1.82, 2.24) is 0 Å². The van der Waals surface area contributed by atoms with E-state index in [-0.39, 0.29) is 5.78 Å². The maximum Gasteiger partial charge on any atom is 0.163 e. The van der Waals surface area contributed by atoms with E-state index in [2.05, 4.69) is 22.5 Å². The van der Waals surface area contributed by atoms with Crippen molar-refractivity contribution in [3.05, 3.63) is 46.0 Å². The molecule has 0 unspecified atom stereocenters. The summed E-state index contributed by atoms with van der Waals surface area (Å²) in [6.45, 7) is 7.70. The molecule has 0 spiro atoms. The summed E-state index contributed by atoms with van der Waals surface area (Å²) in [5.41, 5.74) is 2.90. The average Bonchev–Trinajstić information content (AvgIpc) is 2.14. The predicted molar refractivity (Wildman–Crippen MR) is 67.3 cm³/mol. The third-order valence-electron chi connectivity index (χ3n) is 2.27. The average molecular weight is 267 g/mol. The number of carbonyl (C=O) groups is 1. The summed E-state index contributed by atoms with van der Waals surface area (Å²) in [5.74, 6) is 0.197. The second-order valence-electron chi connectivity index (χ2n) is 3.84. The number of aryl methyl sites for hydroxylation is 1. The van der Waals surface area contributed by atoms with Crippen LogP contribution in [-0.4, -0.2) is 5.78 Å². The molecular formula is C13H15BrO. The molecule has 0 bridgehead atoms. The monoisotopic (exact) mass is 266 g/mol. The van der Waals surface area contributed by atoms with E-state index in [0.29, 0.717) is 6.42 Å². The minimum Gasteiger partial charge on any atom is -0.294 e. The van der Waals surface area contributed by atoms with Gasteiger partial charge in [-0.2, -0.15) is 0 Å². The summed E-state index contributed by atoms with van der Waals surface area (Å²) in [6.07, 6.45) is 1.33. The Labute approximate surface area is 99.3 Å². The molecule has 2 heteroatoms. The van der Waals surface area contributed by atoms with E-state index in [1.807, 2.05) is 32.0 Å². The summed E-state index contributed by atoms with van der Waals surface area (Å²) >= 11 is 3.38. The standard InChI is InChI=1S/C13H15BrO/c1-9(2)4-7-13(15)12-6-5-11(14)8-10(12)3/h5-6,8H,1,4,7H2,2-3H3. The molecule has 0 heterocycles. The Bertz CT molecular complexity index is 394. The second-order valence-corrected chi connectivity index (χ2v) is 4.76. The van der Waals surface area contributed by atoms with Gasteiger partial charge in [-0.15, -0.1) is 6.58 Å². The summed E-state index contributed by atoms with van der Waals surface area (Å²) in [4.78, 5) is 11.8. The lowest BCUT2D eigenvalue weighted by Gasteiger charge is -2.05.